The Morgan fingerprint density at radius 1 is 1.00 bits per heavy atom. The predicted molar refractivity (Wildman–Crippen MR) is 136 cm³/mol. The minimum atomic E-state index is 0.365. The van der Waals surface area contributed by atoms with Crippen molar-refractivity contribution in [1.82, 2.24) is 19.9 Å². The Hall–Kier alpha value is -3.86. The van der Waals surface area contributed by atoms with Crippen LogP contribution in [0, 0.1) is 11.8 Å². The molecule has 0 saturated carbocycles. The highest BCUT2D eigenvalue weighted by atomic mass is 16.5. The number of piperazine rings is 1. The van der Waals surface area contributed by atoms with Gasteiger partial charge in [-0.2, -0.15) is 0 Å². The van der Waals surface area contributed by atoms with Gasteiger partial charge in [0.15, 0.2) is 0 Å². The molecule has 1 saturated heterocycles. The van der Waals surface area contributed by atoms with E-state index in [-0.39, 0.29) is 0 Å². The van der Waals surface area contributed by atoms with Crippen LogP contribution < -0.4 is 15.4 Å². The van der Waals surface area contributed by atoms with Crippen LogP contribution in [0.3, 0.4) is 0 Å². The standard InChI is InChI=1S/C27H28N6O/c1-32-13-15-33(16-14-32)22-10-8-21(9-11-22)25-18-24-26(31-25)29-19-30-27(24)34-23-7-4-6-20(17-23)5-2-3-12-28/h4,6-11,17-19H,5,12-16,28H2,1H3,(H,29,30,31). The Bertz CT molecular complexity index is 1330. The number of nitrogens with two attached hydrogens (primary N) is 1. The Morgan fingerprint density at radius 3 is 2.62 bits per heavy atom. The molecule has 0 unspecified atom stereocenters. The zero-order chi connectivity index (χ0) is 23.3. The van der Waals surface area contributed by atoms with Crippen molar-refractivity contribution >= 4 is 16.7 Å². The monoisotopic (exact) mass is 452 g/mol. The normalized spacial score (nSPS) is 14.1. The molecule has 1 aliphatic heterocycles. The topological polar surface area (TPSA) is 83.3 Å². The maximum absolute atomic E-state index is 6.14. The number of aromatic nitrogens is 3. The molecule has 0 aliphatic carbocycles. The number of aromatic amines is 1. The van der Waals surface area contributed by atoms with Crippen molar-refractivity contribution in [2.75, 3.05) is 44.7 Å². The molecule has 1 fully saturated rings. The number of hydrogen-bond donors (Lipinski definition) is 2. The number of rotatable bonds is 5. The summed E-state index contributed by atoms with van der Waals surface area (Å²) >= 11 is 0. The van der Waals surface area contributed by atoms with Gasteiger partial charge < -0.3 is 25.3 Å². The Labute approximate surface area is 199 Å². The number of nitrogens with zero attached hydrogens (tertiary/aromatic N) is 4. The predicted octanol–water partition coefficient (Wildman–Crippen LogP) is 3.67. The summed E-state index contributed by atoms with van der Waals surface area (Å²) < 4.78 is 6.14. The third-order valence-corrected chi connectivity index (χ3v) is 6.07. The molecule has 2 aromatic heterocycles. The van der Waals surface area contributed by atoms with Crippen molar-refractivity contribution in [2.24, 2.45) is 5.73 Å². The Morgan fingerprint density at radius 2 is 1.82 bits per heavy atom. The number of fused-ring (bicyclic) bond motifs is 1. The molecule has 4 aromatic rings. The van der Waals surface area contributed by atoms with Crippen molar-refractivity contribution < 1.29 is 4.74 Å². The summed E-state index contributed by atoms with van der Waals surface area (Å²) in [5.74, 6) is 7.18. The van der Waals surface area contributed by atoms with Gasteiger partial charge in [-0.15, -0.1) is 0 Å². The van der Waals surface area contributed by atoms with E-state index in [1.165, 1.54) is 12.0 Å². The molecule has 0 atom stereocenters. The lowest BCUT2D eigenvalue weighted by Gasteiger charge is -2.34. The number of ether oxygens (including phenoxy) is 1. The molecule has 172 valence electrons. The molecular formula is C27H28N6O. The van der Waals surface area contributed by atoms with E-state index < -0.39 is 0 Å². The van der Waals surface area contributed by atoms with Gasteiger partial charge in [0, 0.05) is 44.0 Å². The molecule has 0 bridgehead atoms. The van der Waals surface area contributed by atoms with Gasteiger partial charge in [-0.1, -0.05) is 36.1 Å². The van der Waals surface area contributed by atoms with E-state index in [2.05, 4.69) is 67.9 Å². The van der Waals surface area contributed by atoms with E-state index >= 15 is 0 Å². The summed E-state index contributed by atoms with van der Waals surface area (Å²) in [4.78, 5) is 17.0. The van der Waals surface area contributed by atoms with Crippen molar-refractivity contribution in [3.63, 3.8) is 0 Å². The fraction of sp³-hybridized carbons (Fsp3) is 0.259. The maximum atomic E-state index is 6.14. The van der Waals surface area contributed by atoms with Gasteiger partial charge in [0.2, 0.25) is 5.88 Å². The van der Waals surface area contributed by atoms with Crippen LogP contribution in [-0.2, 0) is 6.42 Å². The highest BCUT2D eigenvalue weighted by Gasteiger charge is 2.15. The first-order valence-electron chi connectivity index (χ1n) is 11.5. The summed E-state index contributed by atoms with van der Waals surface area (Å²) in [5, 5.41) is 0.842. The summed E-state index contributed by atoms with van der Waals surface area (Å²) in [6.07, 6.45) is 2.15. The summed E-state index contributed by atoms with van der Waals surface area (Å²) in [6.45, 7) is 4.66. The molecule has 7 heteroatoms. The molecular weight excluding hydrogens is 424 g/mol. The Balaban J connectivity index is 1.36. The van der Waals surface area contributed by atoms with Gasteiger partial charge in [-0.05, 0) is 48.5 Å². The molecule has 1 aliphatic rings. The lowest BCUT2D eigenvalue weighted by Crippen LogP contribution is -2.44. The van der Waals surface area contributed by atoms with Crippen LogP contribution in [0.15, 0.2) is 60.9 Å². The third kappa shape index (κ3) is 4.88. The van der Waals surface area contributed by atoms with Crippen molar-refractivity contribution in [1.29, 1.82) is 0 Å². The molecule has 2 aromatic carbocycles. The first kappa shape index (κ1) is 22.0. The van der Waals surface area contributed by atoms with Gasteiger partial charge in [0.05, 0.1) is 11.9 Å². The van der Waals surface area contributed by atoms with Crippen LogP contribution in [0.4, 0.5) is 5.69 Å². The van der Waals surface area contributed by atoms with E-state index in [1.54, 1.807) is 0 Å². The molecule has 0 radical (unpaired) electrons. The van der Waals surface area contributed by atoms with Crippen LogP contribution in [0.5, 0.6) is 11.6 Å². The number of benzene rings is 2. The first-order chi connectivity index (χ1) is 16.7. The van der Waals surface area contributed by atoms with Crippen LogP contribution in [0.2, 0.25) is 0 Å². The summed E-state index contributed by atoms with van der Waals surface area (Å²) in [6, 6.07) is 18.6. The molecule has 3 N–H and O–H groups in total. The van der Waals surface area contributed by atoms with Crippen molar-refractivity contribution in [3.8, 4) is 34.7 Å². The average Bonchev–Trinajstić information content (AvgIpc) is 3.31. The molecule has 0 amide bonds. The van der Waals surface area contributed by atoms with Crippen LogP contribution in [-0.4, -0.2) is 59.6 Å². The zero-order valence-electron chi connectivity index (χ0n) is 19.3. The van der Waals surface area contributed by atoms with Crippen LogP contribution in [0.25, 0.3) is 22.3 Å². The maximum Gasteiger partial charge on any atom is 0.231 e. The van der Waals surface area contributed by atoms with Gasteiger partial charge in [0.1, 0.15) is 17.7 Å². The minimum absolute atomic E-state index is 0.365. The van der Waals surface area contributed by atoms with E-state index in [1.807, 2.05) is 30.3 Å². The quantitative estimate of drug-likeness (QED) is 0.450. The largest absolute Gasteiger partial charge is 0.438 e. The molecule has 0 spiro atoms. The third-order valence-electron chi connectivity index (χ3n) is 6.07. The highest BCUT2D eigenvalue weighted by Crippen LogP contribution is 2.31. The lowest BCUT2D eigenvalue weighted by atomic mass is 10.1. The second-order valence-corrected chi connectivity index (χ2v) is 8.45. The zero-order valence-corrected chi connectivity index (χ0v) is 19.3. The highest BCUT2D eigenvalue weighted by molar-refractivity contribution is 5.87. The summed E-state index contributed by atoms with van der Waals surface area (Å²) in [7, 11) is 2.17. The van der Waals surface area contributed by atoms with Crippen molar-refractivity contribution in [2.45, 2.75) is 6.42 Å². The van der Waals surface area contributed by atoms with Crippen molar-refractivity contribution in [3.05, 3.63) is 66.5 Å². The fourth-order valence-electron chi connectivity index (χ4n) is 4.14. The fourth-order valence-corrected chi connectivity index (χ4v) is 4.14. The molecule has 34 heavy (non-hydrogen) atoms. The molecule has 7 nitrogen and oxygen atoms in total. The van der Waals surface area contributed by atoms with Gasteiger partial charge in [-0.3, -0.25) is 0 Å². The van der Waals surface area contributed by atoms with Gasteiger partial charge in [0.25, 0.3) is 0 Å². The first-order valence-corrected chi connectivity index (χ1v) is 11.5. The van der Waals surface area contributed by atoms with Crippen LogP contribution in [0.1, 0.15) is 5.56 Å². The van der Waals surface area contributed by atoms with E-state index in [0.29, 0.717) is 24.6 Å². The summed E-state index contributed by atoms with van der Waals surface area (Å²) in [5.41, 5.74) is 10.6. The molecule has 3 heterocycles. The van der Waals surface area contributed by atoms with Crippen LogP contribution >= 0.6 is 0 Å². The number of hydrogen-bond acceptors (Lipinski definition) is 6. The molecule has 5 rings (SSSR count). The average molecular weight is 453 g/mol. The SMILES string of the molecule is CN1CCN(c2ccc(-c3cc4c(Oc5cccc(CC#CCN)c5)ncnc4[nH]3)cc2)CC1. The van der Waals surface area contributed by atoms with E-state index in [9.17, 15) is 0 Å². The Kier molecular flexibility index (Phi) is 6.43. The number of anilines is 1. The van der Waals surface area contributed by atoms with E-state index in [0.717, 1.165) is 54.0 Å². The number of H-pyrrole nitrogens is 1. The second kappa shape index (κ2) is 9.96. The number of likely N-dealkylation sites (N-methyl/N-ethyl adjacent to an activating group) is 1. The van der Waals surface area contributed by atoms with E-state index in [4.69, 9.17) is 10.5 Å². The smallest absolute Gasteiger partial charge is 0.231 e. The second-order valence-electron chi connectivity index (χ2n) is 8.45. The number of nitrogens with one attached hydrogen (secondary N) is 1. The van der Waals surface area contributed by atoms with Gasteiger partial charge >= 0.3 is 0 Å². The van der Waals surface area contributed by atoms with Gasteiger partial charge in [-0.25, -0.2) is 9.97 Å². The minimum Gasteiger partial charge on any atom is -0.438 e. The lowest BCUT2D eigenvalue weighted by molar-refractivity contribution is 0.313.